The smallest absolute Gasteiger partial charge is 0.315 e. The van der Waals surface area contributed by atoms with Crippen LogP contribution in [0.25, 0.3) is 0 Å². The van der Waals surface area contributed by atoms with Gasteiger partial charge in [0.05, 0.1) is 6.61 Å². The lowest BCUT2D eigenvalue weighted by atomic mass is 10.2. The number of rotatable bonds is 5. The Labute approximate surface area is 107 Å². The summed E-state index contributed by atoms with van der Waals surface area (Å²) >= 11 is 0. The normalized spacial score (nSPS) is 10.1. The molecule has 0 atom stereocenters. The second kappa shape index (κ2) is 6.77. The molecule has 104 valence electrons. The van der Waals surface area contributed by atoms with Gasteiger partial charge in [-0.25, -0.2) is 13.2 Å². The minimum absolute atomic E-state index is 0.132. The third kappa shape index (κ3) is 4.61. The zero-order chi connectivity index (χ0) is 14.4. The molecular weight excluding hydrogens is 263 g/mol. The number of ether oxygens (including phenoxy) is 1. The summed E-state index contributed by atoms with van der Waals surface area (Å²) in [4.78, 5) is 22.2. The van der Waals surface area contributed by atoms with E-state index >= 15 is 0 Å². The highest BCUT2D eigenvalue weighted by Gasteiger charge is 2.14. The Morgan fingerprint density at radius 1 is 1.21 bits per heavy atom. The van der Waals surface area contributed by atoms with Gasteiger partial charge >= 0.3 is 5.97 Å². The van der Waals surface area contributed by atoms with Gasteiger partial charge in [0.15, 0.2) is 0 Å². The molecule has 7 heteroatoms. The molecule has 0 aliphatic heterocycles. The molecule has 0 unspecified atom stereocenters. The van der Waals surface area contributed by atoms with Gasteiger partial charge in [-0.15, -0.1) is 0 Å². The van der Waals surface area contributed by atoms with Gasteiger partial charge in [-0.05, 0) is 6.92 Å². The minimum Gasteiger partial charge on any atom is -0.466 e. The second-order valence-corrected chi connectivity index (χ2v) is 3.61. The minimum atomic E-state index is -1.10. The van der Waals surface area contributed by atoms with Crippen molar-refractivity contribution in [2.45, 2.75) is 19.9 Å². The third-order valence-electron chi connectivity index (χ3n) is 2.18. The standard InChI is InChI=1S/C12H12F3NO3/c1-2-19-12(18)5-11(17)16-6-8-9(14)3-7(13)4-10(8)15/h3-4H,2,5-6H2,1H3,(H,16,17). The van der Waals surface area contributed by atoms with Gasteiger partial charge in [0.2, 0.25) is 5.91 Å². The summed E-state index contributed by atoms with van der Waals surface area (Å²) in [6.45, 7) is 1.24. The lowest BCUT2D eigenvalue weighted by molar-refractivity contribution is -0.146. The van der Waals surface area contributed by atoms with Gasteiger partial charge in [0, 0.05) is 24.2 Å². The molecule has 0 aromatic heterocycles. The monoisotopic (exact) mass is 275 g/mol. The number of hydrogen-bond donors (Lipinski definition) is 1. The average Bonchev–Trinajstić information content (AvgIpc) is 2.27. The maximum Gasteiger partial charge on any atom is 0.315 e. The fourth-order valence-corrected chi connectivity index (χ4v) is 1.33. The fraction of sp³-hybridized carbons (Fsp3) is 0.333. The molecular formula is C12H12F3NO3. The summed E-state index contributed by atoms with van der Waals surface area (Å²) in [6.07, 6.45) is -0.543. The number of hydrogen-bond acceptors (Lipinski definition) is 3. The van der Waals surface area contributed by atoms with Crippen LogP contribution in [0.1, 0.15) is 18.9 Å². The SMILES string of the molecule is CCOC(=O)CC(=O)NCc1c(F)cc(F)cc1F. The Morgan fingerprint density at radius 2 is 1.79 bits per heavy atom. The van der Waals surface area contributed by atoms with E-state index in [4.69, 9.17) is 0 Å². The molecule has 0 heterocycles. The van der Waals surface area contributed by atoms with Crippen LogP contribution in [0.2, 0.25) is 0 Å². The molecule has 0 radical (unpaired) electrons. The van der Waals surface area contributed by atoms with Crippen molar-refractivity contribution in [2.75, 3.05) is 6.61 Å². The summed E-state index contributed by atoms with van der Waals surface area (Å²) in [6, 6.07) is 1.02. The lowest BCUT2D eigenvalue weighted by Gasteiger charge is -2.07. The Kier molecular flexibility index (Phi) is 5.35. The van der Waals surface area contributed by atoms with Crippen molar-refractivity contribution in [3.8, 4) is 0 Å². The van der Waals surface area contributed by atoms with Gasteiger partial charge in [-0.2, -0.15) is 0 Å². The number of carbonyl (C=O) groups is 2. The van der Waals surface area contributed by atoms with Crippen LogP contribution in [0.5, 0.6) is 0 Å². The van der Waals surface area contributed by atoms with Crippen molar-refractivity contribution in [1.29, 1.82) is 0 Å². The largest absolute Gasteiger partial charge is 0.466 e. The molecule has 1 aromatic rings. The number of benzene rings is 1. The molecule has 0 fully saturated rings. The van der Waals surface area contributed by atoms with Crippen LogP contribution in [-0.4, -0.2) is 18.5 Å². The summed E-state index contributed by atoms with van der Waals surface area (Å²) in [5, 5.41) is 2.15. The summed E-state index contributed by atoms with van der Waals surface area (Å²) in [5.74, 6) is -4.72. The van der Waals surface area contributed by atoms with Gasteiger partial charge in [-0.3, -0.25) is 9.59 Å². The van der Waals surface area contributed by atoms with E-state index in [2.05, 4.69) is 10.1 Å². The highest BCUT2D eigenvalue weighted by molar-refractivity contribution is 5.94. The number of esters is 1. The number of amides is 1. The van der Waals surface area contributed by atoms with Gasteiger partial charge in [0.25, 0.3) is 0 Å². The molecule has 0 saturated heterocycles. The van der Waals surface area contributed by atoms with E-state index in [9.17, 15) is 22.8 Å². The molecule has 1 amide bonds. The maximum atomic E-state index is 13.2. The Balaban J connectivity index is 2.58. The molecule has 1 N–H and O–H groups in total. The average molecular weight is 275 g/mol. The molecule has 0 bridgehead atoms. The van der Waals surface area contributed by atoms with E-state index in [0.29, 0.717) is 12.1 Å². The predicted molar refractivity (Wildman–Crippen MR) is 59.4 cm³/mol. The molecule has 0 aliphatic rings. The van der Waals surface area contributed by atoms with Crippen molar-refractivity contribution in [3.05, 3.63) is 35.1 Å². The summed E-state index contributed by atoms with van der Waals surface area (Å²) in [7, 11) is 0. The predicted octanol–water partition coefficient (Wildman–Crippen LogP) is 1.67. The second-order valence-electron chi connectivity index (χ2n) is 3.61. The van der Waals surface area contributed by atoms with Crippen LogP contribution in [0.4, 0.5) is 13.2 Å². The van der Waals surface area contributed by atoms with E-state index < -0.39 is 47.9 Å². The molecule has 1 aromatic carbocycles. The number of carbonyl (C=O) groups excluding carboxylic acids is 2. The van der Waals surface area contributed by atoms with Crippen LogP contribution >= 0.6 is 0 Å². The third-order valence-corrected chi connectivity index (χ3v) is 2.18. The van der Waals surface area contributed by atoms with Crippen molar-refractivity contribution < 1.29 is 27.5 Å². The molecule has 19 heavy (non-hydrogen) atoms. The van der Waals surface area contributed by atoms with Gasteiger partial charge in [-0.1, -0.05) is 0 Å². The van der Waals surface area contributed by atoms with Crippen molar-refractivity contribution in [2.24, 2.45) is 0 Å². The topological polar surface area (TPSA) is 55.4 Å². The first-order chi connectivity index (χ1) is 8.93. The quantitative estimate of drug-likeness (QED) is 0.657. The van der Waals surface area contributed by atoms with Crippen LogP contribution in [0.3, 0.4) is 0 Å². The van der Waals surface area contributed by atoms with Gasteiger partial charge < -0.3 is 10.1 Å². The van der Waals surface area contributed by atoms with E-state index in [1.165, 1.54) is 0 Å². The lowest BCUT2D eigenvalue weighted by Crippen LogP contribution is -2.27. The van der Waals surface area contributed by atoms with E-state index in [1.54, 1.807) is 6.92 Å². The van der Waals surface area contributed by atoms with Crippen LogP contribution < -0.4 is 5.32 Å². The molecule has 0 saturated carbocycles. The summed E-state index contributed by atoms with van der Waals surface area (Å²) in [5.41, 5.74) is -0.474. The van der Waals surface area contributed by atoms with Gasteiger partial charge in [0.1, 0.15) is 23.9 Å². The van der Waals surface area contributed by atoms with Crippen LogP contribution in [-0.2, 0) is 20.9 Å². The van der Waals surface area contributed by atoms with Crippen LogP contribution in [0.15, 0.2) is 12.1 Å². The Morgan fingerprint density at radius 3 is 2.32 bits per heavy atom. The first-order valence-corrected chi connectivity index (χ1v) is 5.49. The zero-order valence-corrected chi connectivity index (χ0v) is 10.1. The summed E-state index contributed by atoms with van der Waals surface area (Å²) < 4.78 is 43.6. The maximum absolute atomic E-state index is 13.2. The number of halogens is 3. The van der Waals surface area contributed by atoms with Crippen LogP contribution in [0, 0.1) is 17.5 Å². The molecule has 0 spiro atoms. The van der Waals surface area contributed by atoms with Crippen molar-refractivity contribution >= 4 is 11.9 Å². The van der Waals surface area contributed by atoms with E-state index in [-0.39, 0.29) is 6.61 Å². The van der Waals surface area contributed by atoms with Crippen molar-refractivity contribution in [1.82, 2.24) is 5.32 Å². The molecule has 1 rings (SSSR count). The molecule has 4 nitrogen and oxygen atoms in total. The highest BCUT2D eigenvalue weighted by atomic mass is 19.1. The van der Waals surface area contributed by atoms with E-state index in [0.717, 1.165) is 0 Å². The Hall–Kier alpha value is -2.05. The number of nitrogens with one attached hydrogen (secondary N) is 1. The highest BCUT2D eigenvalue weighted by Crippen LogP contribution is 2.14. The molecule has 0 aliphatic carbocycles. The first kappa shape index (κ1) is 15.0. The van der Waals surface area contributed by atoms with E-state index in [1.807, 2.05) is 0 Å². The van der Waals surface area contributed by atoms with Crippen molar-refractivity contribution in [3.63, 3.8) is 0 Å². The Bertz CT molecular complexity index is 468. The fourth-order valence-electron chi connectivity index (χ4n) is 1.33. The zero-order valence-electron chi connectivity index (χ0n) is 10.1. The first-order valence-electron chi connectivity index (χ1n) is 5.49.